The predicted octanol–water partition coefficient (Wildman–Crippen LogP) is 5.48. The summed E-state index contributed by atoms with van der Waals surface area (Å²) >= 11 is 0. The Morgan fingerprint density at radius 1 is 0.931 bits per heavy atom. The molecule has 0 spiro atoms. The van der Waals surface area contributed by atoms with Crippen LogP contribution in [0.4, 0.5) is 0 Å². The molecule has 0 radical (unpaired) electrons. The van der Waals surface area contributed by atoms with E-state index in [4.69, 9.17) is 10.5 Å². The highest BCUT2D eigenvalue weighted by atomic mass is 16.4. The largest absolute Gasteiger partial charge is 0.478 e. The molecule has 0 unspecified atom stereocenters. The molecule has 0 saturated carbocycles. The van der Waals surface area contributed by atoms with Gasteiger partial charge in [-0.2, -0.15) is 0 Å². The second-order valence-electron chi connectivity index (χ2n) is 6.92. The van der Waals surface area contributed by atoms with Gasteiger partial charge in [-0.15, -0.1) is 0 Å². The second-order valence-corrected chi connectivity index (χ2v) is 6.92. The number of fused-ring (bicyclic) bond motifs is 1. The van der Waals surface area contributed by atoms with Crippen LogP contribution in [0.25, 0.3) is 10.9 Å². The third kappa shape index (κ3) is 4.79. The van der Waals surface area contributed by atoms with Crippen LogP contribution in [-0.2, 0) is 13.5 Å². The first-order valence-electron chi connectivity index (χ1n) is 9.42. The van der Waals surface area contributed by atoms with Crippen LogP contribution >= 0.6 is 0 Å². The highest BCUT2D eigenvalue weighted by Gasteiger charge is 2.11. The molecule has 3 aromatic carbocycles. The predicted molar refractivity (Wildman–Crippen MR) is 118 cm³/mol. The topological polar surface area (TPSA) is 66.1 Å². The van der Waals surface area contributed by atoms with Gasteiger partial charge in [0.1, 0.15) is 0 Å². The van der Waals surface area contributed by atoms with Crippen molar-refractivity contribution in [2.45, 2.75) is 13.3 Å². The van der Waals surface area contributed by atoms with Crippen molar-refractivity contribution in [3.05, 3.63) is 107 Å². The molecule has 0 aliphatic rings. The molecule has 4 nitrogen and oxygen atoms in total. The Kier molecular flexibility index (Phi) is 6.25. The molecule has 4 heteroatoms. The standard InChI is InChI=1S/C18H18N2.C7H6O2/c1-13-7-3-4-8-14(13)11-17(19)16-12-20(2)18-10-6-5-9-15(16)18;8-7(9)6-4-2-1-3-5-6/h3-10,12,19H,11H2,1-2H3;1-5H,(H,8,9). The van der Waals surface area contributed by atoms with Gasteiger partial charge in [0, 0.05) is 41.8 Å². The number of aromatic nitrogens is 1. The number of nitrogens with one attached hydrogen (secondary N) is 1. The smallest absolute Gasteiger partial charge is 0.335 e. The van der Waals surface area contributed by atoms with E-state index >= 15 is 0 Å². The number of carboxylic acid groups (broad SMARTS) is 1. The summed E-state index contributed by atoms with van der Waals surface area (Å²) in [6.45, 7) is 2.10. The number of nitrogens with zero attached hydrogens (tertiary/aromatic N) is 1. The summed E-state index contributed by atoms with van der Waals surface area (Å²) in [5, 5.41) is 18.0. The number of carboxylic acids is 1. The van der Waals surface area contributed by atoms with E-state index in [-0.39, 0.29) is 0 Å². The number of aryl methyl sites for hydroxylation is 2. The monoisotopic (exact) mass is 384 g/mol. The van der Waals surface area contributed by atoms with E-state index in [1.165, 1.54) is 16.6 Å². The van der Waals surface area contributed by atoms with Crippen molar-refractivity contribution >= 4 is 22.6 Å². The van der Waals surface area contributed by atoms with Gasteiger partial charge in [0.15, 0.2) is 0 Å². The minimum absolute atomic E-state index is 0.331. The molecule has 1 aromatic heterocycles. The minimum Gasteiger partial charge on any atom is -0.478 e. The van der Waals surface area contributed by atoms with E-state index in [1.807, 2.05) is 31.3 Å². The number of carbonyl (C=O) groups is 1. The van der Waals surface area contributed by atoms with Gasteiger partial charge in [0.25, 0.3) is 0 Å². The van der Waals surface area contributed by atoms with Crippen LogP contribution in [0.2, 0.25) is 0 Å². The lowest BCUT2D eigenvalue weighted by Gasteiger charge is -2.06. The normalized spacial score (nSPS) is 10.3. The van der Waals surface area contributed by atoms with Crippen LogP contribution in [0.5, 0.6) is 0 Å². The fourth-order valence-corrected chi connectivity index (χ4v) is 3.26. The number of hydrogen-bond donors (Lipinski definition) is 2. The lowest BCUT2D eigenvalue weighted by Crippen LogP contribution is -2.04. The fourth-order valence-electron chi connectivity index (χ4n) is 3.26. The molecule has 0 fully saturated rings. The number of aromatic carboxylic acids is 1. The summed E-state index contributed by atoms with van der Waals surface area (Å²) in [5.41, 5.74) is 5.69. The van der Waals surface area contributed by atoms with Crippen molar-refractivity contribution in [1.82, 2.24) is 4.57 Å². The zero-order valence-corrected chi connectivity index (χ0v) is 16.6. The molecular formula is C25H24N2O2. The first-order chi connectivity index (χ1) is 14.0. The van der Waals surface area contributed by atoms with Crippen molar-refractivity contribution in [1.29, 1.82) is 5.41 Å². The van der Waals surface area contributed by atoms with E-state index in [0.29, 0.717) is 17.7 Å². The molecule has 0 aliphatic carbocycles. The maximum Gasteiger partial charge on any atom is 0.335 e. The highest BCUT2D eigenvalue weighted by Crippen LogP contribution is 2.22. The van der Waals surface area contributed by atoms with Crippen LogP contribution in [-0.4, -0.2) is 21.4 Å². The quantitative estimate of drug-likeness (QED) is 0.457. The molecule has 0 amide bonds. The molecule has 146 valence electrons. The summed E-state index contributed by atoms with van der Waals surface area (Å²) in [6.07, 6.45) is 2.74. The second kappa shape index (κ2) is 9.02. The average Bonchev–Trinajstić information content (AvgIpc) is 3.08. The van der Waals surface area contributed by atoms with Gasteiger partial charge >= 0.3 is 5.97 Å². The average molecular weight is 384 g/mol. The van der Waals surface area contributed by atoms with Gasteiger partial charge < -0.3 is 15.1 Å². The summed E-state index contributed by atoms with van der Waals surface area (Å²) in [6, 6.07) is 24.9. The summed E-state index contributed by atoms with van der Waals surface area (Å²) in [4.78, 5) is 10.2. The van der Waals surface area contributed by atoms with Gasteiger partial charge in [0.05, 0.1) is 5.56 Å². The Balaban J connectivity index is 0.000000224. The Labute approximate surface area is 170 Å². The highest BCUT2D eigenvalue weighted by molar-refractivity contribution is 6.10. The van der Waals surface area contributed by atoms with Crippen molar-refractivity contribution in [3.63, 3.8) is 0 Å². The number of benzene rings is 3. The zero-order chi connectivity index (χ0) is 20.8. The third-order valence-electron chi connectivity index (χ3n) is 4.87. The Morgan fingerprint density at radius 3 is 2.21 bits per heavy atom. The van der Waals surface area contributed by atoms with Gasteiger partial charge in [-0.3, -0.25) is 0 Å². The molecule has 0 aliphatic heterocycles. The maximum absolute atomic E-state index is 10.2. The van der Waals surface area contributed by atoms with E-state index in [0.717, 1.165) is 10.9 Å². The molecule has 29 heavy (non-hydrogen) atoms. The van der Waals surface area contributed by atoms with Crippen molar-refractivity contribution in [3.8, 4) is 0 Å². The number of para-hydroxylation sites is 1. The van der Waals surface area contributed by atoms with Gasteiger partial charge in [-0.05, 0) is 36.2 Å². The molecule has 0 saturated heterocycles. The lowest BCUT2D eigenvalue weighted by atomic mass is 9.99. The third-order valence-corrected chi connectivity index (χ3v) is 4.87. The summed E-state index contributed by atoms with van der Waals surface area (Å²) < 4.78 is 2.09. The maximum atomic E-state index is 10.2. The van der Waals surface area contributed by atoms with Gasteiger partial charge in [-0.25, -0.2) is 4.79 Å². The molecular weight excluding hydrogens is 360 g/mol. The van der Waals surface area contributed by atoms with Crippen LogP contribution in [0.1, 0.15) is 27.0 Å². The molecule has 1 heterocycles. The van der Waals surface area contributed by atoms with Crippen molar-refractivity contribution < 1.29 is 9.90 Å². The molecule has 2 N–H and O–H groups in total. The van der Waals surface area contributed by atoms with E-state index < -0.39 is 5.97 Å². The molecule has 0 atom stereocenters. The number of hydrogen-bond acceptors (Lipinski definition) is 2. The van der Waals surface area contributed by atoms with Crippen LogP contribution < -0.4 is 0 Å². The summed E-state index contributed by atoms with van der Waals surface area (Å²) in [5.74, 6) is -0.879. The van der Waals surface area contributed by atoms with E-state index in [1.54, 1.807) is 30.3 Å². The Bertz CT molecular complexity index is 1140. The van der Waals surface area contributed by atoms with E-state index in [2.05, 4.69) is 42.0 Å². The van der Waals surface area contributed by atoms with Crippen LogP contribution in [0.15, 0.2) is 85.1 Å². The van der Waals surface area contributed by atoms with Crippen LogP contribution in [0, 0.1) is 12.3 Å². The minimum atomic E-state index is -0.879. The Hall–Kier alpha value is -3.66. The fraction of sp³-hybridized carbons (Fsp3) is 0.120. The molecule has 0 bridgehead atoms. The van der Waals surface area contributed by atoms with E-state index in [9.17, 15) is 4.79 Å². The Morgan fingerprint density at radius 2 is 1.55 bits per heavy atom. The lowest BCUT2D eigenvalue weighted by molar-refractivity contribution is 0.0697. The van der Waals surface area contributed by atoms with Crippen molar-refractivity contribution in [2.75, 3.05) is 0 Å². The zero-order valence-electron chi connectivity index (χ0n) is 16.6. The van der Waals surface area contributed by atoms with Crippen LogP contribution in [0.3, 0.4) is 0 Å². The van der Waals surface area contributed by atoms with Crippen molar-refractivity contribution in [2.24, 2.45) is 7.05 Å². The van der Waals surface area contributed by atoms with Gasteiger partial charge in [0.2, 0.25) is 0 Å². The SMILES string of the molecule is Cc1ccccc1CC(=N)c1cn(C)c2ccccc12.O=C(O)c1ccccc1. The first kappa shape index (κ1) is 20.1. The molecule has 4 rings (SSSR count). The molecule has 4 aromatic rings. The summed E-state index contributed by atoms with van der Waals surface area (Å²) in [7, 11) is 2.03. The first-order valence-corrected chi connectivity index (χ1v) is 9.42. The van der Waals surface area contributed by atoms with Gasteiger partial charge in [-0.1, -0.05) is 60.7 Å². The number of rotatable bonds is 4.